The average Bonchev–Trinajstić information content (AvgIpc) is 2.33. The summed E-state index contributed by atoms with van der Waals surface area (Å²) in [6.07, 6.45) is 8.39. The molecule has 1 aromatic carbocycles. The molecule has 19 heavy (non-hydrogen) atoms. The zero-order valence-electron chi connectivity index (χ0n) is 11.9. The van der Waals surface area contributed by atoms with E-state index in [1.165, 1.54) is 44.2 Å². The number of rotatable bonds is 8. The largest absolute Gasteiger partial charge is 1.00 e. The van der Waals surface area contributed by atoms with Crippen molar-refractivity contribution in [2.24, 2.45) is 0 Å². The molecule has 5 heteroatoms. The molecule has 0 atom stereocenters. The fourth-order valence-electron chi connectivity index (χ4n) is 1.93. The van der Waals surface area contributed by atoms with E-state index in [4.69, 9.17) is 0 Å². The second-order valence-electron chi connectivity index (χ2n) is 4.62. The summed E-state index contributed by atoms with van der Waals surface area (Å²) >= 11 is 0. The number of benzene rings is 1. The van der Waals surface area contributed by atoms with Crippen LogP contribution in [0.5, 0.6) is 0 Å². The Morgan fingerprint density at radius 2 is 1.47 bits per heavy atom. The molecule has 0 bridgehead atoms. The topological polar surface area (TPSA) is 57.2 Å². The minimum Gasteiger partial charge on any atom is -0.744 e. The molecular formula is C14H21KO3S. The van der Waals surface area contributed by atoms with Crippen molar-refractivity contribution in [3.63, 3.8) is 0 Å². The molecule has 1 rings (SSSR count). The molecule has 0 aromatic heterocycles. The SMILES string of the molecule is CCCCCCCCc1ccc(S(=O)(=O)[O-])cc1.[K+]. The summed E-state index contributed by atoms with van der Waals surface area (Å²) in [6.45, 7) is 2.20. The van der Waals surface area contributed by atoms with Crippen molar-refractivity contribution in [3.05, 3.63) is 29.8 Å². The van der Waals surface area contributed by atoms with Gasteiger partial charge in [-0.3, -0.25) is 0 Å². The maximum Gasteiger partial charge on any atom is 1.00 e. The average molecular weight is 308 g/mol. The fraction of sp³-hybridized carbons (Fsp3) is 0.571. The van der Waals surface area contributed by atoms with E-state index in [-0.39, 0.29) is 56.3 Å². The Kier molecular flexibility index (Phi) is 10.9. The summed E-state index contributed by atoms with van der Waals surface area (Å²) in [5.41, 5.74) is 1.10. The smallest absolute Gasteiger partial charge is 0.744 e. The first-order valence-electron chi connectivity index (χ1n) is 6.59. The Morgan fingerprint density at radius 1 is 0.947 bits per heavy atom. The van der Waals surface area contributed by atoms with Gasteiger partial charge in [0.15, 0.2) is 0 Å². The number of hydrogen-bond donors (Lipinski definition) is 0. The third-order valence-electron chi connectivity index (χ3n) is 3.03. The zero-order valence-corrected chi connectivity index (χ0v) is 15.8. The summed E-state index contributed by atoms with van der Waals surface area (Å²) in [5.74, 6) is 0. The summed E-state index contributed by atoms with van der Waals surface area (Å²) in [4.78, 5) is -0.144. The Hall–Kier alpha value is 0.766. The number of aryl methyl sites for hydroxylation is 1. The van der Waals surface area contributed by atoms with Gasteiger partial charge >= 0.3 is 51.4 Å². The fourth-order valence-corrected chi connectivity index (χ4v) is 2.40. The van der Waals surface area contributed by atoms with Crippen LogP contribution in [-0.2, 0) is 16.5 Å². The Labute approximate surface area is 159 Å². The van der Waals surface area contributed by atoms with Crippen LogP contribution in [0, 0.1) is 0 Å². The number of unbranched alkanes of at least 4 members (excludes halogenated alkanes) is 5. The van der Waals surface area contributed by atoms with Crippen LogP contribution in [-0.4, -0.2) is 13.0 Å². The summed E-state index contributed by atoms with van der Waals surface area (Å²) in [5, 5.41) is 0. The molecule has 3 nitrogen and oxygen atoms in total. The first-order chi connectivity index (χ1) is 8.54. The minimum absolute atomic E-state index is 0. The van der Waals surface area contributed by atoms with E-state index < -0.39 is 10.1 Å². The maximum absolute atomic E-state index is 10.7. The van der Waals surface area contributed by atoms with Crippen LogP contribution in [0.1, 0.15) is 51.0 Å². The molecule has 0 aliphatic carbocycles. The van der Waals surface area contributed by atoms with Gasteiger partial charge in [0.1, 0.15) is 10.1 Å². The zero-order chi connectivity index (χ0) is 13.4. The second kappa shape index (κ2) is 10.5. The molecule has 0 fully saturated rings. The molecule has 1 aromatic rings. The van der Waals surface area contributed by atoms with Crippen molar-refractivity contribution in [3.8, 4) is 0 Å². The van der Waals surface area contributed by atoms with Crippen LogP contribution in [0.4, 0.5) is 0 Å². The van der Waals surface area contributed by atoms with E-state index in [9.17, 15) is 13.0 Å². The molecular weight excluding hydrogens is 287 g/mol. The van der Waals surface area contributed by atoms with Crippen molar-refractivity contribution in [2.45, 2.75) is 56.8 Å². The maximum atomic E-state index is 10.7. The molecule has 0 N–H and O–H groups in total. The standard InChI is InChI=1S/C14H22O3S.K/c1-2-3-4-5-6-7-8-13-9-11-14(12-10-13)18(15,16)17;/h9-12H,2-8H2,1H3,(H,15,16,17);/q;+1/p-1. The molecule has 0 aliphatic heterocycles. The Balaban J connectivity index is 0.00000324. The summed E-state index contributed by atoms with van der Waals surface area (Å²) in [6, 6.07) is 6.26. The third kappa shape index (κ3) is 8.60. The number of hydrogen-bond acceptors (Lipinski definition) is 3. The van der Waals surface area contributed by atoms with Crippen LogP contribution in [0.2, 0.25) is 0 Å². The quantitative estimate of drug-likeness (QED) is 0.399. The van der Waals surface area contributed by atoms with Gasteiger partial charge in [-0.1, -0.05) is 51.2 Å². The summed E-state index contributed by atoms with van der Waals surface area (Å²) in [7, 11) is -4.31. The van der Waals surface area contributed by atoms with Gasteiger partial charge in [0.05, 0.1) is 4.90 Å². The van der Waals surface area contributed by atoms with E-state index in [0.717, 1.165) is 18.4 Å². The predicted octanol–water partition coefficient (Wildman–Crippen LogP) is 0.498. The first kappa shape index (κ1) is 19.8. The van der Waals surface area contributed by atoms with Gasteiger partial charge in [-0.05, 0) is 30.5 Å². The Bertz CT molecular complexity index is 440. The van der Waals surface area contributed by atoms with Crippen LogP contribution in [0.15, 0.2) is 29.2 Å². The Morgan fingerprint density at radius 3 is 2.00 bits per heavy atom. The van der Waals surface area contributed by atoms with Crippen molar-refractivity contribution in [2.75, 3.05) is 0 Å². The van der Waals surface area contributed by atoms with Gasteiger partial charge in [-0.25, -0.2) is 8.42 Å². The second-order valence-corrected chi connectivity index (χ2v) is 6.00. The predicted molar refractivity (Wildman–Crippen MR) is 71.5 cm³/mol. The van der Waals surface area contributed by atoms with Gasteiger partial charge < -0.3 is 4.55 Å². The van der Waals surface area contributed by atoms with Crippen molar-refractivity contribution in [1.82, 2.24) is 0 Å². The van der Waals surface area contributed by atoms with Gasteiger partial charge in [-0.15, -0.1) is 0 Å². The van der Waals surface area contributed by atoms with Crippen molar-refractivity contribution >= 4 is 10.1 Å². The molecule has 0 heterocycles. The van der Waals surface area contributed by atoms with Gasteiger partial charge in [0.25, 0.3) is 0 Å². The van der Waals surface area contributed by atoms with Crippen LogP contribution in [0.25, 0.3) is 0 Å². The molecule has 0 unspecified atom stereocenters. The van der Waals surface area contributed by atoms with Crippen molar-refractivity contribution < 1.29 is 64.4 Å². The van der Waals surface area contributed by atoms with Crippen LogP contribution in [0.3, 0.4) is 0 Å². The third-order valence-corrected chi connectivity index (χ3v) is 3.88. The molecule has 0 saturated heterocycles. The first-order valence-corrected chi connectivity index (χ1v) is 7.99. The minimum atomic E-state index is -4.31. The van der Waals surface area contributed by atoms with Gasteiger partial charge in [0, 0.05) is 0 Å². The summed E-state index contributed by atoms with van der Waals surface area (Å²) < 4.78 is 32.2. The van der Waals surface area contributed by atoms with Gasteiger partial charge in [0.2, 0.25) is 0 Å². The van der Waals surface area contributed by atoms with E-state index in [1.807, 2.05) is 0 Å². The van der Waals surface area contributed by atoms with Crippen molar-refractivity contribution in [1.29, 1.82) is 0 Å². The van der Waals surface area contributed by atoms with Gasteiger partial charge in [-0.2, -0.15) is 0 Å². The molecule has 0 amide bonds. The molecule has 102 valence electrons. The van der Waals surface area contributed by atoms with Crippen LogP contribution >= 0.6 is 0 Å². The molecule has 0 spiro atoms. The normalized spacial score (nSPS) is 11.1. The van der Waals surface area contributed by atoms with E-state index in [1.54, 1.807) is 12.1 Å². The van der Waals surface area contributed by atoms with Crippen LogP contribution < -0.4 is 51.4 Å². The molecule has 0 saturated carbocycles. The van der Waals surface area contributed by atoms with E-state index in [0.29, 0.717) is 0 Å². The monoisotopic (exact) mass is 308 g/mol. The van der Waals surface area contributed by atoms with E-state index in [2.05, 4.69) is 6.92 Å². The van der Waals surface area contributed by atoms with E-state index >= 15 is 0 Å². The molecule has 0 aliphatic rings. The molecule has 0 radical (unpaired) electrons.